The lowest BCUT2D eigenvalue weighted by Crippen LogP contribution is -2.34. The van der Waals surface area contributed by atoms with Gasteiger partial charge in [0.15, 0.2) is 0 Å². The Hall–Kier alpha value is -1.50. The summed E-state index contributed by atoms with van der Waals surface area (Å²) in [7, 11) is -4.62. The highest BCUT2D eigenvalue weighted by Gasteiger charge is 2.33. The molecular formula is C16H21F2NO3S. The summed E-state index contributed by atoms with van der Waals surface area (Å²) in [6.07, 6.45) is 2.84. The fraction of sp³-hybridized carbons (Fsp3) is 0.562. The van der Waals surface area contributed by atoms with E-state index in [9.17, 15) is 22.0 Å². The molecule has 0 saturated heterocycles. The van der Waals surface area contributed by atoms with Gasteiger partial charge in [-0.25, -0.2) is 8.42 Å². The van der Waals surface area contributed by atoms with Gasteiger partial charge in [-0.15, -0.1) is 0 Å². The van der Waals surface area contributed by atoms with Gasteiger partial charge in [0.1, 0.15) is 0 Å². The first-order valence-electron chi connectivity index (χ1n) is 7.66. The maximum atomic E-state index is 12.6. The Morgan fingerprint density at radius 1 is 1.22 bits per heavy atom. The molecule has 0 unspecified atom stereocenters. The first-order chi connectivity index (χ1) is 10.7. The summed E-state index contributed by atoms with van der Waals surface area (Å²) in [6.45, 7) is 4.82. The topological polar surface area (TPSA) is 54.5 Å². The van der Waals surface area contributed by atoms with E-state index < -0.39 is 20.5 Å². The van der Waals surface area contributed by atoms with Crippen LogP contribution in [0.1, 0.15) is 43.5 Å². The zero-order valence-electron chi connectivity index (χ0n) is 13.2. The molecule has 7 heteroatoms. The largest absolute Gasteiger partial charge is 0.341 e. The zero-order chi connectivity index (χ0) is 17.2. The lowest BCUT2D eigenvalue weighted by atomic mass is 10.1. The summed E-state index contributed by atoms with van der Waals surface area (Å²) < 4.78 is 47.8. The molecule has 23 heavy (non-hydrogen) atoms. The van der Waals surface area contributed by atoms with Crippen LogP contribution in [0, 0.1) is 5.92 Å². The van der Waals surface area contributed by atoms with Crippen LogP contribution in [0.4, 0.5) is 8.78 Å². The Bertz CT molecular complexity index is 652. The molecule has 2 rings (SSSR count). The molecule has 1 aromatic carbocycles. The second-order valence-corrected chi connectivity index (χ2v) is 8.16. The molecule has 1 fully saturated rings. The molecule has 1 aliphatic carbocycles. The predicted octanol–water partition coefficient (Wildman–Crippen LogP) is 3.33. The Labute approximate surface area is 135 Å². The summed E-state index contributed by atoms with van der Waals surface area (Å²) in [6, 6.07) is 5.00. The van der Waals surface area contributed by atoms with Crippen molar-refractivity contribution >= 4 is 15.7 Å². The fourth-order valence-electron chi connectivity index (χ4n) is 2.29. The third-order valence-electron chi connectivity index (χ3n) is 3.86. The van der Waals surface area contributed by atoms with Crippen molar-refractivity contribution in [2.75, 3.05) is 6.54 Å². The maximum absolute atomic E-state index is 12.6. The average molecular weight is 345 g/mol. The minimum Gasteiger partial charge on any atom is -0.336 e. The van der Waals surface area contributed by atoms with Crippen molar-refractivity contribution in [2.24, 2.45) is 5.92 Å². The van der Waals surface area contributed by atoms with E-state index in [2.05, 4.69) is 13.8 Å². The summed E-state index contributed by atoms with van der Waals surface area (Å²) in [5.41, 5.74) is 0.328. The van der Waals surface area contributed by atoms with E-state index in [1.165, 1.54) is 12.1 Å². The van der Waals surface area contributed by atoms with Crippen LogP contribution >= 0.6 is 0 Å². The van der Waals surface area contributed by atoms with E-state index in [1.54, 1.807) is 4.90 Å². The van der Waals surface area contributed by atoms with Crippen molar-refractivity contribution in [3.05, 3.63) is 29.8 Å². The number of hydrogen-bond donors (Lipinski definition) is 0. The Morgan fingerprint density at radius 3 is 2.22 bits per heavy atom. The van der Waals surface area contributed by atoms with Crippen LogP contribution in [0.3, 0.4) is 0 Å². The molecular weight excluding hydrogens is 324 g/mol. The molecule has 0 bridgehead atoms. The zero-order valence-corrected chi connectivity index (χ0v) is 14.0. The van der Waals surface area contributed by atoms with Gasteiger partial charge in [0.25, 0.3) is 5.91 Å². The molecule has 1 aromatic rings. The highest BCUT2D eigenvalue weighted by molar-refractivity contribution is 7.91. The monoisotopic (exact) mass is 345 g/mol. The van der Waals surface area contributed by atoms with Crippen molar-refractivity contribution in [3.8, 4) is 0 Å². The second kappa shape index (κ2) is 6.95. The Kier molecular flexibility index (Phi) is 5.39. The lowest BCUT2D eigenvalue weighted by molar-refractivity contribution is 0.0735. The minimum atomic E-state index is -4.62. The number of halogens is 2. The molecule has 0 radical (unpaired) electrons. The van der Waals surface area contributed by atoms with Crippen molar-refractivity contribution < 1.29 is 22.0 Å². The molecule has 4 nitrogen and oxygen atoms in total. The van der Waals surface area contributed by atoms with Crippen LogP contribution in [-0.2, 0) is 9.84 Å². The van der Waals surface area contributed by atoms with Gasteiger partial charge in [0, 0.05) is 18.2 Å². The molecule has 128 valence electrons. The summed E-state index contributed by atoms with van der Waals surface area (Å²) in [4.78, 5) is 13.9. The van der Waals surface area contributed by atoms with Crippen molar-refractivity contribution in [1.82, 2.24) is 4.90 Å². The third-order valence-corrected chi connectivity index (χ3v) is 5.26. The summed E-state index contributed by atoms with van der Waals surface area (Å²) in [5, 5.41) is 0. The number of alkyl halides is 2. The van der Waals surface area contributed by atoms with E-state index in [0.29, 0.717) is 18.0 Å². The summed E-state index contributed by atoms with van der Waals surface area (Å²) >= 11 is 0. The molecule has 0 heterocycles. The number of carbonyl (C=O) groups excluding carboxylic acids is 1. The summed E-state index contributed by atoms with van der Waals surface area (Å²) in [5.74, 6) is -3.16. The smallest absolute Gasteiger partial charge is 0.336 e. The molecule has 0 spiro atoms. The van der Waals surface area contributed by atoms with Gasteiger partial charge in [-0.1, -0.05) is 13.8 Å². The number of rotatable bonds is 7. The minimum absolute atomic E-state index is 0.172. The highest BCUT2D eigenvalue weighted by Crippen LogP contribution is 2.29. The molecule has 1 amide bonds. The number of carbonyl (C=O) groups is 1. The second-order valence-electron chi connectivity index (χ2n) is 6.24. The van der Waals surface area contributed by atoms with Gasteiger partial charge < -0.3 is 4.90 Å². The van der Waals surface area contributed by atoms with Gasteiger partial charge in [0.2, 0.25) is 9.84 Å². The number of nitrogens with zero attached hydrogens (tertiary/aromatic N) is 1. The van der Waals surface area contributed by atoms with Gasteiger partial charge in [0.05, 0.1) is 4.90 Å². The number of amides is 1. The molecule has 1 aliphatic rings. The predicted molar refractivity (Wildman–Crippen MR) is 83.1 cm³/mol. The van der Waals surface area contributed by atoms with Gasteiger partial charge in [-0.05, 0) is 49.4 Å². The van der Waals surface area contributed by atoms with Crippen LogP contribution in [-0.4, -0.2) is 37.6 Å². The number of sulfone groups is 1. The van der Waals surface area contributed by atoms with Gasteiger partial charge in [-0.3, -0.25) is 4.79 Å². The van der Waals surface area contributed by atoms with E-state index in [1.807, 2.05) is 0 Å². The number of hydrogen-bond acceptors (Lipinski definition) is 3. The molecule has 0 aromatic heterocycles. The average Bonchev–Trinajstić information content (AvgIpc) is 3.31. The van der Waals surface area contributed by atoms with Crippen molar-refractivity contribution in [3.63, 3.8) is 0 Å². The van der Waals surface area contributed by atoms with Crippen molar-refractivity contribution in [1.29, 1.82) is 0 Å². The third kappa shape index (κ3) is 4.28. The first kappa shape index (κ1) is 17.8. The fourth-order valence-corrected chi connectivity index (χ4v) is 3.01. The van der Waals surface area contributed by atoms with Crippen LogP contribution in [0.15, 0.2) is 29.2 Å². The van der Waals surface area contributed by atoms with Crippen LogP contribution in [0.2, 0.25) is 0 Å². The maximum Gasteiger partial charge on any atom is 0.341 e. The van der Waals surface area contributed by atoms with Gasteiger partial charge in [-0.2, -0.15) is 8.78 Å². The molecule has 1 saturated carbocycles. The molecule has 0 N–H and O–H groups in total. The highest BCUT2D eigenvalue weighted by atomic mass is 32.2. The lowest BCUT2D eigenvalue weighted by Gasteiger charge is -2.23. The van der Waals surface area contributed by atoms with E-state index in [-0.39, 0.29) is 11.9 Å². The van der Waals surface area contributed by atoms with E-state index in [4.69, 9.17) is 0 Å². The Morgan fingerprint density at radius 2 is 1.78 bits per heavy atom. The van der Waals surface area contributed by atoms with E-state index in [0.717, 1.165) is 31.4 Å². The standard InChI is InChI=1S/C16H21F2NO3S/c1-11(2)9-10-19(13-5-6-13)15(20)12-3-7-14(8-4-12)23(21,22)16(17)18/h3-4,7-8,11,13,16H,5-6,9-10H2,1-2H3. The van der Waals surface area contributed by atoms with Gasteiger partial charge >= 0.3 is 5.76 Å². The SMILES string of the molecule is CC(C)CCN(C(=O)c1ccc(S(=O)(=O)C(F)F)cc1)C1CC1. The van der Waals surface area contributed by atoms with E-state index >= 15 is 0 Å². The molecule has 0 atom stereocenters. The molecule has 0 aliphatic heterocycles. The van der Waals surface area contributed by atoms with Crippen LogP contribution in [0.25, 0.3) is 0 Å². The Balaban J connectivity index is 2.15. The number of benzene rings is 1. The van der Waals surface area contributed by atoms with Crippen molar-refractivity contribution in [2.45, 2.75) is 49.8 Å². The van der Waals surface area contributed by atoms with Crippen LogP contribution in [0.5, 0.6) is 0 Å². The quantitative estimate of drug-likeness (QED) is 0.762. The first-order valence-corrected chi connectivity index (χ1v) is 9.21. The normalized spacial score (nSPS) is 15.2. The van der Waals surface area contributed by atoms with Crippen LogP contribution < -0.4 is 0 Å².